The lowest BCUT2D eigenvalue weighted by atomic mass is 10.2. The lowest BCUT2D eigenvalue weighted by molar-refractivity contribution is -0.118. The molecule has 1 heterocycles. The van der Waals surface area contributed by atoms with Crippen LogP contribution in [0, 0.1) is 0 Å². The topological polar surface area (TPSA) is 80.6 Å². The molecule has 29 heavy (non-hydrogen) atoms. The van der Waals surface area contributed by atoms with Crippen molar-refractivity contribution in [2.45, 2.75) is 19.9 Å². The molecule has 0 aliphatic heterocycles. The molecule has 7 heteroatoms. The average molecular weight is 457 g/mol. The van der Waals surface area contributed by atoms with E-state index in [4.69, 9.17) is 9.15 Å². The summed E-state index contributed by atoms with van der Waals surface area (Å²) in [6, 6.07) is 16.0. The maximum Gasteiger partial charge on any atom is 0.262 e. The molecule has 6 nitrogen and oxygen atoms in total. The van der Waals surface area contributed by atoms with E-state index in [2.05, 4.69) is 33.5 Å². The quantitative estimate of drug-likeness (QED) is 0.520. The number of hydrogen-bond acceptors (Lipinski definition) is 4. The molecule has 3 rings (SSSR count). The molecule has 0 unspecified atom stereocenters. The summed E-state index contributed by atoms with van der Waals surface area (Å²) in [4.78, 5) is 24.5. The Bertz CT molecular complexity index is 986. The van der Waals surface area contributed by atoms with Crippen molar-refractivity contribution in [3.05, 3.63) is 82.2 Å². The van der Waals surface area contributed by atoms with Gasteiger partial charge in [0.05, 0.1) is 17.3 Å². The van der Waals surface area contributed by atoms with Gasteiger partial charge in [-0.2, -0.15) is 0 Å². The number of hydrogen-bond donors (Lipinski definition) is 2. The maximum absolute atomic E-state index is 12.3. The number of amides is 2. The summed E-state index contributed by atoms with van der Waals surface area (Å²) in [6.45, 7) is 2.22. The van der Waals surface area contributed by atoms with Gasteiger partial charge in [0, 0.05) is 11.3 Å². The number of anilines is 1. The number of ether oxygens (including phenoxy) is 1. The van der Waals surface area contributed by atoms with Crippen molar-refractivity contribution in [1.29, 1.82) is 0 Å². The molecule has 150 valence electrons. The highest BCUT2D eigenvalue weighted by molar-refractivity contribution is 9.10. The fourth-order valence-electron chi connectivity index (χ4n) is 2.64. The van der Waals surface area contributed by atoms with Crippen molar-refractivity contribution >= 4 is 33.4 Å². The normalized spacial score (nSPS) is 10.4. The van der Waals surface area contributed by atoms with Crippen LogP contribution in [0.5, 0.6) is 5.75 Å². The second-order valence-electron chi connectivity index (χ2n) is 6.30. The Balaban J connectivity index is 1.53. The third-order valence-corrected chi connectivity index (χ3v) is 4.79. The standard InChI is InChI=1S/C22H21BrN2O4/c1-2-15-8-9-20(19(23)11-15)29-14-21(26)25-17-6-3-5-16(12-17)22(27)24-13-18-7-4-10-28-18/h3-12H,2,13-14H2,1H3,(H,24,27)(H,25,26). The SMILES string of the molecule is CCc1ccc(OCC(=O)Nc2cccc(C(=O)NCc3ccco3)c2)c(Br)c1. The van der Waals surface area contributed by atoms with E-state index in [0.717, 1.165) is 10.9 Å². The summed E-state index contributed by atoms with van der Waals surface area (Å²) in [5.74, 6) is 0.694. The highest BCUT2D eigenvalue weighted by Crippen LogP contribution is 2.26. The molecule has 0 aliphatic rings. The number of furan rings is 1. The smallest absolute Gasteiger partial charge is 0.262 e. The minimum atomic E-state index is -0.315. The Labute approximate surface area is 177 Å². The van der Waals surface area contributed by atoms with Crippen molar-refractivity contribution in [1.82, 2.24) is 5.32 Å². The second kappa shape index (κ2) is 9.93. The lowest BCUT2D eigenvalue weighted by Crippen LogP contribution is -2.23. The summed E-state index contributed by atoms with van der Waals surface area (Å²) >= 11 is 3.45. The fourth-order valence-corrected chi connectivity index (χ4v) is 3.18. The maximum atomic E-state index is 12.3. The van der Waals surface area contributed by atoms with Crippen LogP contribution < -0.4 is 15.4 Å². The van der Waals surface area contributed by atoms with Crippen molar-refractivity contribution in [2.75, 3.05) is 11.9 Å². The van der Waals surface area contributed by atoms with E-state index in [9.17, 15) is 9.59 Å². The molecule has 0 saturated heterocycles. The number of nitrogens with one attached hydrogen (secondary N) is 2. The number of rotatable bonds is 8. The van der Waals surface area contributed by atoms with Gasteiger partial charge in [-0.25, -0.2) is 0 Å². The van der Waals surface area contributed by atoms with Gasteiger partial charge in [0.2, 0.25) is 0 Å². The fraction of sp³-hybridized carbons (Fsp3) is 0.182. The first kappa shape index (κ1) is 20.7. The molecule has 0 fully saturated rings. The molecular weight excluding hydrogens is 436 g/mol. The molecule has 1 aromatic heterocycles. The monoisotopic (exact) mass is 456 g/mol. The van der Waals surface area contributed by atoms with Crippen LogP contribution in [0.2, 0.25) is 0 Å². The Morgan fingerprint density at radius 3 is 2.69 bits per heavy atom. The summed E-state index contributed by atoms with van der Waals surface area (Å²) in [5.41, 5.74) is 2.13. The minimum Gasteiger partial charge on any atom is -0.483 e. The van der Waals surface area contributed by atoms with Crippen LogP contribution in [0.3, 0.4) is 0 Å². The largest absolute Gasteiger partial charge is 0.483 e. The molecule has 0 saturated carbocycles. The molecule has 2 N–H and O–H groups in total. The lowest BCUT2D eigenvalue weighted by Gasteiger charge is -2.11. The third kappa shape index (κ3) is 5.96. The number of halogens is 1. The molecule has 2 aromatic carbocycles. The Hall–Kier alpha value is -3.06. The van der Waals surface area contributed by atoms with Crippen LogP contribution >= 0.6 is 15.9 Å². The van der Waals surface area contributed by atoms with E-state index in [-0.39, 0.29) is 18.4 Å². The second-order valence-corrected chi connectivity index (χ2v) is 7.15. The summed E-state index contributed by atoms with van der Waals surface area (Å²) in [7, 11) is 0. The molecule has 2 amide bonds. The van der Waals surface area contributed by atoms with E-state index in [0.29, 0.717) is 29.3 Å². The van der Waals surface area contributed by atoms with Crippen LogP contribution in [-0.2, 0) is 17.8 Å². The van der Waals surface area contributed by atoms with Gasteiger partial charge in [-0.15, -0.1) is 0 Å². The summed E-state index contributed by atoms with van der Waals surface area (Å²) in [6.07, 6.45) is 2.47. The van der Waals surface area contributed by atoms with Crippen molar-refractivity contribution < 1.29 is 18.7 Å². The highest BCUT2D eigenvalue weighted by Gasteiger charge is 2.10. The van der Waals surface area contributed by atoms with Gasteiger partial charge in [0.15, 0.2) is 6.61 Å². The van der Waals surface area contributed by atoms with Gasteiger partial charge in [0.1, 0.15) is 11.5 Å². The molecule has 3 aromatic rings. The highest BCUT2D eigenvalue weighted by atomic mass is 79.9. The third-order valence-electron chi connectivity index (χ3n) is 4.18. The molecule has 0 spiro atoms. The van der Waals surface area contributed by atoms with Crippen LogP contribution in [0.15, 0.2) is 69.8 Å². The van der Waals surface area contributed by atoms with Crippen LogP contribution in [-0.4, -0.2) is 18.4 Å². The van der Waals surface area contributed by atoms with E-state index in [1.165, 1.54) is 5.56 Å². The first-order valence-corrected chi connectivity index (χ1v) is 9.96. The van der Waals surface area contributed by atoms with Gasteiger partial charge in [-0.3, -0.25) is 9.59 Å². The average Bonchev–Trinajstić information content (AvgIpc) is 3.25. The zero-order valence-corrected chi connectivity index (χ0v) is 17.5. The number of carbonyl (C=O) groups excluding carboxylic acids is 2. The van der Waals surface area contributed by atoms with E-state index in [1.54, 1.807) is 42.7 Å². The van der Waals surface area contributed by atoms with Gasteiger partial charge in [0.25, 0.3) is 11.8 Å². The number of carbonyl (C=O) groups is 2. The Morgan fingerprint density at radius 1 is 1.10 bits per heavy atom. The van der Waals surface area contributed by atoms with Crippen molar-refractivity contribution in [3.63, 3.8) is 0 Å². The predicted octanol–water partition coefficient (Wildman–Crippen LogP) is 4.55. The Morgan fingerprint density at radius 2 is 1.97 bits per heavy atom. The summed E-state index contributed by atoms with van der Waals surface area (Å²) in [5, 5.41) is 5.51. The van der Waals surface area contributed by atoms with E-state index >= 15 is 0 Å². The number of aryl methyl sites for hydroxylation is 1. The van der Waals surface area contributed by atoms with Gasteiger partial charge < -0.3 is 19.8 Å². The van der Waals surface area contributed by atoms with E-state index in [1.807, 2.05) is 18.2 Å². The van der Waals surface area contributed by atoms with E-state index < -0.39 is 0 Å². The van der Waals surface area contributed by atoms with Gasteiger partial charge in [-0.1, -0.05) is 19.1 Å². The minimum absolute atomic E-state index is 0.140. The number of benzene rings is 2. The molecular formula is C22H21BrN2O4. The van der Waals surface area contributed by atoms with Crippen molar-refractivity contribution in [3.8, 4) is 5.75 Å². The predicted molar refractivity (Wildman–Crippen MR) is 114 cm³/mol. The zero-order chi connectivity index (χ0) is 20.6. The summed E-state index contributed by atoms with van der Waals surface area (Å²) < 4.78 is 11.6. The van der Waals surface area contributed by atoms with Gasteiger partial charge >= 0.3 is 0 Å². The Kier molecular flexibility index (Phi) is 7.08. The molecule has 0 aliphatic carbocycles. The first-order valence-electron chi connectivity index (χ1n) is 9.17. The molecule has 0 radical (unpaired) electrons. The molecule has 0 atom stereocenters. The van der Waals surface area contributed by atoms with Gasteiger partial charge in [-0.05, 0) is 70.4 Å². The van der Waals surface area contributed by atoms with Crippen LogP contribution in [0.1, 0.15) is 28.6 Å². The molecule has 0 bridgehead atoms. The van der Waals surface area contributed by atoms with Crippen molar-refractivity contribution in [2.24, 2.45) is 0 Å². The zero-order valence-electron chi connectivity index (χ0n) is 15.9. The van der Waals surface area contributed by atoms with Crippen LogP contribution in [0.25, 0.3) is 0 Å². The first-order chi connectivity index (χ1) is 14.0. The van der Waals surface area contributed by atoms with Crippen LogP contribution in [0.4, 0.5) is 5.69 Å².